The lowest BCUT2D eigenvalue weighted by Gasteiger charge is -2.05. The summed E-state index contributed by atoms with van der Waals surface area (Å²) in [4.78, 5) is 11.8. The Kier molecular flexibility index (Phi) is 5.00. The molecule has 0 fully saturated rings. The van der Waals surface area contributed by atoms with Crippen molar-refractivity contribution in [2.75, 3.05) is 0 Å². The fourth-order valence-corrected chi connectivity index (χ4v) is 2.57. The summed E-state index contributed by atoms with van der Waals surface area (Å²) in [5.41, 5.74) is 0.775. The van der Waals surface area contributed by atoms with Gasteiger partial charge in [0.15, 0.2) is 5.78 Å². The van der Waals surface area contributed by atoms with Crippen LogP contribution in [0.4, 0.5) is 0 Å². The van der Waals surface area contributed by atoms with Crippen molar-refractivity contribution in [3.05, 3.63) is 32.7 Å². The lowest BCUT2D eigenvalue weighted by atomic mass is 10.0. The summed E-state index contributed by atoms with van der Waals surface area (Å²) < 4.78 is 1.87. The van der Waals surface area contributed by atoms with E-state index in [0.717, 1.165) is 20.9 Å². The van der Waals surface area contributed by atoms with E-state index in [1.807, 2.05) is 18.2 Å². The Hall–Kier alpha value is -0.150. The van der Waals surface area contributed by atoms with Gasteiger partial charge < -0.3 is 0 Å². The van der Waals surface area contributed by atoms with E-state index in [9.17, 15) is 4.79 Å². The highest BCUT2D eigenvalue weighted by Crippen LogP contribution is 2.21. The maximum Gasteiger partial charge on any atom is 0.162 e. The number of halogens is 2. The second kappa shape index (κ2) is 5.80. The molecule has 0 radical (unpaired) electrons. The molecule has 0 aliphatic heterocycles. The molecule has 0 N–H and O–H groups in total. The average Bonchev–Trinajstić information content (AvgIpc) is 2.12. The molecule has 0 saturated carbocycles. The van der Waals surface area contributed by atoms with Gasteiger partial charge in [0.2, 0.25) is 0 Å². The summed E-state index contributed by atoms with van der Waals surface area (Å²) in [6, 6.07) is 5.67. The van der Waals surface area contributed by atoms with Gasteiger partial charge >= 0.3 is 0 Å². The van der Waals surface area contributed by atoms with E-state index in [0.29, 0.717) is 12.3 Å². The fourth-order valence-electron chi connectivity index (χ4n) is 1.28. The van der Waals surface area contributed by atoms with Crippen LogP contribution in [0.15, 0.2) is 27.1 Å². The number of Topliss-reactive ketones (excluding diaryl/α,β-unsaturated/α-hetero) is 1. The predicted molar refractivity (Wildman–Crippen MR) is 70.2 cm³/mol. The molecule has 0 unspecified atom stereocenters. The zero-order chi connectivity index (χ0) is 11.4. The van der Waals surface area contributed by atoms with Crippen molar-refractivity contribution in [3.8, 4) is 0 Å². The second-order valence-corrected chi connectivity index (χ2v) is 5.85. The average molecular weight is 334 g/mol. The van der Waals surface area contributed by atoms with Gasteiger partial charge in [0, 0.05) is 20.9 Å². The first-order valence-electron chi connectivity index (χ1n) is 4.98. The quantitative estimate of drug-likeness (QED) is 0.721. The van der Waals surface area contributed by atoms with Crippen LogP contribution in [0.3, 0.4) is 0 Å². The number of hydrogen-bond acceptors (Lipinski definition) is 1. The van der Waals surface area contributed by atoms with Crippen molar-refractivity contribution in [1.29, 1.82) is 0 Å². The Morgan fingerprint density at radius 1 is 1.20 bits per heavy atom. The molecule has 1 aromatic carbocycles. The number of rotatable bonds is 4. The topological polar surface area (TPSA) is 17.1 Å². The zero-order valence-corrected chi connectivity index (χ0v) is 12.1. The van der Waals surface area contributed by atoms with Crippen molar-refractivity contribution in [3.63, 3.8) is 0 Å². The highest BCUT2D eigenvalue weighted by molar-refractivity contribution is 9.11. The molecule has 15 heavy (non-hydrogen) atoms. The molecule has 0 aliphatic carbocycles. The number of carbonyl (C=O) groups is 1. The van der Waals surface area contributed by atoms with E-state index < -0.39 is 0 Å². The van der Waals surface area contributed by atoms with Crippen LogP contribution < -0.4 is 0 Å². The first-order valence-corrected chi connectivity index (χ1v) is 6.57. The van der Waals surface area contributed by atoms with Crippen LogP contribution in [0.5, 0.6) is 0 Å². The van der Waals surface area contributed by atoms with E-state index >= 15 is 0 Å². The van der Waals surface area contributed by atoms with Gasteiger partial charge in [-0.3, -0.25) is 4.79 Å². The van der Waals surface area contributed by atoms with Crippen LogP contribution in [0, 0.1) is 5.92 Å². The molecule has 3 heteroatoms. The third-order valence-corrected chi connectivity index (χ3v) is 3.05. The number of benzene rings is 1. The normalized spacial score (nSPS) is 10.7. The summed E-state index contributed by atoms with van der Waals surface area (Å²) >= 11 is 6.76. The number of hydrogen-bond donors (Lipinski definition) is 0. The Labute approximate surface area is 108 Å². The standard InChI is InChI=1S/C12H14Br2O/c1-8(2)3-4-12(15)9-5-10(13)7-11(14)6-9/h5-8H,3-4H2,1-2H3. The van der Waals surface area contributed by atoms with Gasteiger partial charge in [-0.15, -0.1) is 0 Å². The smallest absolute Gasteiger partial charge is 0.162 e. The molecule has 0 aromatic heterocycles. The SMILES string of the molecule is CC(C)CCC(=O)c1cc(Br)cc(Br)c1. The molecule has 0 bridgehead atoms. The molecule has 0 aliphatic rings. The molecule has 82 valence electrons. The monoisotopic (exact) mass is 332 g/mol. The predicted octanol–water partition coefficient (Wildman–Crippen LogP) is 4.83. The van der Waals surface area contributed by atoms with E-state index in [-0.39, 0.29) is 5.78 Å². The first-order chi connectivity index (χ1) is 6.99. The van der Waals surface area contributed by atoms with Crippen molar-refractivity contribution in [2.45, 2.75) is 26.7 Å². The lowest BCUT2D eigenvalue weighted by molar-refractivity contribution is 0.0975. The van der Waals surface area contributed by atoms with Gasteiger partial charge in [-0.25, -0.2) is 0 Å². The van der Waals surface area contributed by atoms with Gasteiger partial charge in [-0.2, -0.15) is 0 Å². The number of ketones is 1. The van der Waals surface area contributed by atoms with Crippen LogP contribution in [-0.4, -0.2) is 5.78 Å². The molecule has 1 nitrogen and oxygen atoms in total. The lowest BCUT2D eigenvalue weighted by Crippen LogP contribution is -2.01. The van der Waals surface area contributed by atoms with E-state index in [4.69, 9.17) is 0 Å². The van der Waals surface area contributed by atoms with Crippen LogP contribution in [-0.2, 0) is 0 Å². The summed E-state index contributed by atoms with van der Waals surface area (Å²) in [5.74, 6) is 0.787. The van der Waals surface area contributed by atoms with Crippen molar-refractivity contribution < 1.29 is 4.79 Å². The van der Waals surface area contributed by atoms with Crippen molar-refractivity contribution >= 4 is 37.6 Å². The maximum atomic E-state index is 11.8. The van der Waals surface area contributed by atoms with Crippen LogP contribution in [0.1, 0.15) is 37.0 Å². The summed E-state index contributed by atoms with van der Waals surface area (Å²) in [5, 5.41) is 0. The van der Waals surface area contributed by atoms with Crippen LogP contribution in [0.25, 0.3) is 0 Å². The largest absolute Gasteiger partial charge is 0.294 e. The van der Waals surface area contributed by atoms with Gasteiger partial charge in [-0.1, -0.05) is 45.7 Å². The molecular weight excluding hydrogens is 320 g/mol. The van der Waals surface area contributed by atoms with E-state index in [1.54, 1.807) is 0 Å². The van der Waals surface area contributed by atoms with Crippen molar-refractivity contribution in [1.82, 2.24) is 0 Å². The third kappa shape index (κ3) is 4.47. The Morgan fingerprint density at radius 2 is 1.73 bits per heavy atom. The highest BCUT2D eigenvalue weighted by Gasteiger charge is 2.08. The first kappa shape index (κ1) is 12.9. The summed E-state index contributed by atoms with van der Waals surface area (Å²) in [6.45, 7) is 4.26. The Bertz CT molecular complexity index is 338. The molecular formula is C12H14Br2O. The fraction of sp³-hybridized carbons (Fsp3) is 0.417. The zero-order valence-electron chi connectivity index (χ0n) is 8.89. The van der Waals surface area contributed by atoms with Crippen molar-refractivity contribution in [2.24, 2.45) is 5.92 Å². The Balaban J connectivity index is 2.73. The molecule has 0 heterocycles. The van der Waals surface area contributed by atoms with Gasteiger partial charge in [0.1, 0.15) is 0 Å². The molecule has 1 rings (SSSR count). The molecule has 0 atom stereocenters. The molecule has 0 amide bonds. The maximum absolute atomic E-state index is 11.8. The van der Waals surface area contributed by atoms with Crippen LogP contribution >= 0.6 is 31.9 Å². The molecule has 0 saturated heterocycles. The number of carbonyl (C=O) groups excluding carboxylic acids is 1. The minimum atomic E-state index is 0.214. The minimum Gasteiger partial charge on any atom is -0.294 e. The van der Waals surface area contributed by atoms with E-state index in [1.165, 1.54) is 0 Å². The van der Waals surface area contributed by atoms with Gasteiger partial charge in [0.25, 0.3) is 0 Å². The Morgan fingerprint density at radius 3 is 2.20 bits per heavy atom. The molecule has 0 spiro atoms. The third-order valence-electron chi connectivity index (χ3n) is 2.13. The van der Waals surface area contributed by atoms with Crippen LogP contribution in [0.2, 0.25) is 0 Å². The minimum absolute atomic E-state index is 0.214. The van der Waals surface area contributed by atoms with Gasteiger partial charge in [0.05, 0.1) is 0 Å². The molecule has 1 aromatic rings. The van der Waals surface area contributed by atoms with Gasteiger partial charge in [-0.05, 0) is 30.5 Å². The van der Waals surface area contributed by atoms with E-state index in [2.05, 4.69) is 45.7 Å². The second-order valence-electron chi connectivity index (χ2n) is 4.01. The highest BCUT2D eigenvalue weighted by atomic mass is 79.9. The summed E-state index contributed by atoms with van der Waals surface area (Å²) in [6.07, 6.45) is 1.57. The summed E-state index contributed by atoms with van der Waals surface area (Å²) in [7, 11) is 0.